The van der Waals surface area contributed by atoms with Crippen molar-refractivity contribution in [1.29, 1.82) is 0 Å². The van der Waals surface area contributed by atoms with Crippen LogP contribution < -0.4 is 0 Å². The number of carbonyl (C=O) groups excluding carboxylic acids is 1. The number of hydrogen-bond donors (Lipinski definition) is 0. The second-order valence-electron chi connectivity index (χ2n) is 2.23. The third-order valence-corrected chi connectivity index (χ3v) is 1.79. The van der Waals surface area contributed by atoms with Crippen LogP contribution in [0.1, 0.15) is 15.9 Å². The second-order valence-corrected chi connectivity index (χ2v) is 2.61. The third kappa shape index (κ3) is 2.74. The van der Waals surface area contributed by atoms with Crippen LogP contribution in [0, 0.1) is 6.07 Å². The molecule has 0 aliphatic heterocycles. The standard InChI is InChI=1S/C8H3ClF3O.Cu/c9-7-5(4-13)2-1-3-6(7)8(10,11)12;/h1,3-4H;/q-1;+1. The summed E-state index contributed by atoms with van der Waals surface area (Å²) >= 11 is 5.31. The van der Waals surface area contributed by atoms with Gasteiger partial charge in [-0.3, -0.25) is 0 Å². The maximum atomic E-state index is 12.2. The molecular formula is C8H3ClCuF3O. The molecule has 0 spiro atoms. The van der Waals surface area contributed by atoms with Crippen LogP contribution in [0.3, 0.4) is 0 Å². The summed E-state index contributed by atoms with van der Waals surface area (Å²) in [5.74, 6) is 0. The first-order chi connectivity index (χ1) is 5.96. The fourth-order valence-electron chi connectivity index (χ4n) is 0.801. The molecule has 14 heavy (non-hydrogen) atoms. The van der Waals surface area contributed by atoms with E-state index in [0.717, 1.165) is 12.1 Å². The van der Waals surface area contributed by atoms with Crippen LogP contribution in [0.5, 0.6) is 0 Å². The summed E-state index contributed by atoms with van der Waals surface area (Å²) in [6, 6.07) is 4.08. The number of halogens is 4. The first kappa shape index (κ1) is 13.5. The summed E-state index contributed by atoms with van der Waals surface area (Å²) in [7, 11) is 0. The van der Waals surface area contributed by atoms with Crippen molar-refractivity contribution in [2.75, 3.05) is 0 Å². The van der Waals surface area contributed by atoms with Gasteiger partial charge in [-0.15, -0.1) is 29.8 Å². The Morgan fingerprint density at radius 3 is 2.43 bits per heavy atom. The summed E-state index contributed by atoms with van der Waals surface area (Å²) < 4.78 is 36.5. The molecule has 0 bridgehead atoms. The number of benzene rings is 1. The molecule has 0 aliphatic carbocycles. The first-order valence-electron chi connectivity index (χ1n) is 3.19. The molecule has 1 nitrogen and oxygen atoms in total. The third-order valence-electron chi connectivity index (χ3n) is 1.39. The van der Waals surface area contributed by atoms with Gasteiger partial charge < -0.3 is 4.79 Å². The normalized spacial score (nSPS) is 10.6. The molecule has 0 N–H and O–H groups in total. The van der Waals surface area contributed by atoms with Gasteiger partial charge in [-0.05, 0) is 10.6 Å². The molecule has 0 amide bonds. The maximum absolute atomic E-state index is 12.2. The van der Waals surface area contributed by atoms with Crippen LogP contribution >= 0.6 is 11.6 Å². The average Bonchev–Trinajstić information content (AvgIpc) is 2.02. The Morgan fingerprint density at radius 2 is 2.00 bits per heavy atom. The fourth-order valence-corrected chi connectivity index (χ4v) is 1.07. The fraction of sp³-hybridized carbons (Fsp3) is 0.125. The zero-order valence-electron chi connectivity index (χ0n) is 6.45. The largest absolute Gasteiger partial charge is 1.00 e. The molecule has 1 rings (SSSR count). The average molecular weight is 271 g/mol. The van der Waals surface area contributed by atoms with Gasteiger partial charge >= 0.3 is 23.2 Å². The topological polar surface area (TPSA) is 17.1 Å². The van der Waals surface area contributed by atoms with Gasteiger partial charge in [0.05, 0.1) is 6.29 Å². The van der Waals surface area contributed by atoms with E-state index in [2.05, 4.69) is 6.07 Å². The molecular weight excluding hydrogens is 268 g/mol. The van der Waals surface area contributed by atoms with Crippen LogP contribution in [0.2, 0.25) is 5.02 Å². The molecule has 0 heterocycles. The van der Waals surface area contributed by atoms with E-state index in [-0.39, 0.29) is 28.9 Å². The van der Waals surface area contributed by atoms with E-state index in [1.807, 2.05) is 0 Å². The van der Waals surface area contributed by atoms with Crippen LogP contribution in [-0.2, 0) is 23.2 Å². The van der Waals surface area contributed by atoms with Gasteiger partial charge in [0.1, 0.15) is 0 Å². The van der Waals surface area contributed by atoms with Crippen LogP contribution in [0.15, 0.2) is 12.1 Å². The minimum atomic E-state index is -4.54. The Morgan fingerprint density at radius 1 is 1.43 bits per heavy atom. The molecule has 1 aromatic rings. The molecule has 6 heteroatoms. The van der Waals surface area contributed by atoms with E-state index in [1.165, 1.54) is 0 Å². The van der Waals surface area contributed by atoms with E-state index in [9.17, 15) is 18.0 Å². The van der Waals surface area contributed by atoms with E-state index in [4.69, 9.17) is 11.6 Å². The van der Waals surface area contributed by atoms with Gasteiger partial charge in [0, 0.05) is 0 Å². The van der Waals surface area contributed by atoms with Crippen LogP contribution in [0.25, 0.3) is 0 Å². The Labute approximate surface area is 93.7 Å². The number of carbonyl (C=O) groups is 1. The van der Waals surface area contributed by atoms with E-state index in [0.29, 0.717) is 0 Å². The Hall–Kier alpha value is -0.511. The zero-order valence-corrected chi connectivity index (χ0v) is 8.15. The molecule has 0 atom stereocenters. The minimum Gasteiger partial charge on any atom is -0.355 e. The van der Waals surface area contributed by atoms with E-state index >= 15 is 0 Å². The molecule has 0 saturated heterocycles. The summed E-state index contributed by atoms with van der Waals surface area (Å²) in [4.78, 5) is 10.2. The summed E-state index contributed by atoms with van der Waals surface area (Å²) in [5, 5.41) is -0.606. The van der Waals surface area contributed by atoms with Gasteiger partial charge in [-0.1, -0.05) is 5.56 Å². The van der Waals surface area contributed by atoms with Crippen LogP contribution in [0.4, 0.5) is 13.2 Å². The monoisotopic (exact) mass is 270 g/mol. The van der Waals surface area contributed by atoms with Crippen LogP contribution in [-0.4, -0.2) is 6.29 Å². The number of rotatable bonds is 1. The molecule has 80 valence electrons. The summed E-state index contributed by atoms with van der Waals surface area (Å²) in [6.07, 6.45) is -4.30. The van der Waals surface area contributed by atoms with Crippen molar-refractivity contribution in [3.63, 3.8) is 0 Å². The van der Waals surface area contributed by atoms with E-state index in [1.54, 1.807) is 0 Å². The molecule has 1 aromatic carbocycles. The maximum Gasteiger partial charge on any atom is 1.00 e. The SMILES string of the molecule is O=Cc1[c-]ccc(C(F)(F)F)c1Cl.[Cu+]. The van der Waals surface area contributed by atoms with Crippen molar-refractivity contribution in [3.8, 4) is 0 Å². The summed E-state index contributed by atoms with van der Waals surface area (Å²) in [6.45, 7) is 0. The van der Waals surface area contributed by atoms with E-state index < -0.39 is 16.8 Å². The second kappa shape index (κ2) is 4.82. The smallest absolute Gasteiger partial charge is 0.355 e. The number of hydrogen-bond acceptors (Lipinski definition) is 1. The van der Waals surface area contributed by atoms with Crippen molar-refractivity contribution in [1.82, 2.24) is 0 Å². The Balaban J connectivity index is 0.00000169. The summed E-state index contributed by atoms with van der Waals surface area (Å²) in [5.41, 5.74) is -1.30. The molecule has 0 aromatic heterocycles. The Kier molecular flexibility index (Phi) is 4.65. The molecule has 0 aliphatic rings. The van der Waals surface area contributed by atoms with Gasteiger partial charge in [-0.25, -0.2) is 0 Å². The van der Waals surface area contributed by atoms with Gasteiger partial charge in [0.15, 0.2) is 0 Å². The predicted molar refractivity (Wildman–Crippen MR) is 40.7 cm³/mol. The molecule has 0 saturated carbocycles. The van der Waals surface area contributed by atoms with Gasteiger partial charge in [0.2, 0.25) is 0 Å². The molecule has 0 radical (unpaired) electrons. The van der Waals surface area contributed by atoms with Crippen molar-refractivity contribution in [2.24, 2.45) is 0 Å². The minimum absolute atomic E-state index is 0. The number of alkyl halides is 3. The number of aldehydes is 1. The predicted octanol–water partition coefficient (Wildman–Crippen LogP) is 2.97. The molecule has 0 unspecified atom stereocenters. The van der Waals surface area contributed by atoms with Gasteiger partial charge in [-0.2, -0.15) is 13.2 Å². The Bertz CT molecular complexity index is 338. The van der Waals surface area contributed by atoms with Crippen molar-refractivity contribution in [2.45, 2.75) is 6.18 Å². The molecule has 0 fully saturated rings. The van der Waals surface area contributed by atoms with Crippen molar-refractivity contribution in [3.05, 3.63) is 34.3 Å². The van der Waals surface area contributed by atoms with Crippen molar-refractivity contribution >= 4 is 17.9 Å². The first-order valence-corrected chi connectivity index (χ1v) is 3.57. The van der Waals surface area contributed by atoms with Gasteiger partial charge in [0.25, 0.3) is 0 Å². The van der Waals surface area contributed by atoms with Crippen molar-refractivity contribution < 1.29 is 35.0 Å². The quantitative estimate of drug-likeness (QED) is 0.436. The zero-order chi connectivity index (χ0) is 10.1.